The quantitative estimate of drug-likeness (QED) is 0.239. The fraction of sp³-hybridized carbons (Fsp3) is 0.500. The van der Waals surface area contributed by atoms with Crippen molar-refractivity contribution in [3.05, 3.63) is 29.8 Å². The van der Waals surface area contributed by atoms with Gasteiger partial charge in [-0.1, -0.05) is 24.8 Å². The highest BCUT2D eigenvalue weighted by Crippen LogP contribution is 2.27. The van der Waals surface area contributed by atoms with Gasteiger partial charge in [-0.3, -0.25) is 14.6 Å². The topological polar surface area (TPSA) is 85.8 Å². The number of anilines is 1. The van der Waals surface area contributed by atoms with E-state index in [1.807, 2.05) is 11.0 Å². The normalized spacial score (nSPS) is 19.0. The van der Waals surface area contributed by atoms with Gasteiger partial charge in [0.2, 0.25) is 11.8 Å². The monoisotopic (exact) mass is 523 g/mol. The fourth-order valence-electron chi connectivity index (χ4n) is 3.95. The molecule has 2 amide bonds. The van der Waals surface area contributed by atoms with Crippen LogP contribution in [0.2, 0.25) is 0 Å². The third-order valence-corrected chi connectivity index (χ3v) is 5.50. The number of likely N-dealkylation sites (tertiary alicyclic amines) is 1. The molecule has 8 heteroatoms. The van der Waals surface area contributed by atoms with Gasteiger partial charge in [-0.2, -0.15) is 0 Å². The van der Waals surface area contributed by atoms with Crippen molar-refractivity contribution in [3.8, 4) is 12.3 Å². The number of terminal acetylenes is 1. The standard InChI is InChI=1S/C22H29N5O2.HI/c1-3-16-7-6-10-18(13-16)25-20(28)14-24-22(23-2)26-19-11-12-27(15-19)21(29)17-8-4-5-9-17;/h1,6-7,10,13,17,19H,4-5,8-9,11-12,14-15H2,2H3,(H,25,28)(H2,23,24,26);1H. The second-order valence-corrected chi connectivity index (χ2v) is 7.59. The summed E-state index contributed by atoms with van der Waals surface area (Å²) in [6.45, 7) is 1.54. The maximum absolute atomic E-state index is 12.6. The lowest BCUT2D eigenvalue weighted by Gasteiger charge is -2.21. The zero-order valence-corrected chi connectivity index (χ0v) is 19.6. The molecule has 1 atom stereocenters. The molecule has 1 heterocycles. The van der Waals surface area contributed by atoms with E-state index in [2.05, 4.69) is 26.9 Å². The molecule has 0 aromatic heterocycles. The number of carbonyl (C=O) groups is 2. The Kier molecular flexibility index (Phi) is 9.43. The average Bonchev–Trinajstić information content (AvgIpc) is 3.43. The first-order valence-corrected chi connectivity index (χ1v) is 10.2. The molecule has 162 valence electrons. The first-order valence-electron chi connectivity index (χ1n) is 10.2. The summed E-state index contributed by atoms with van der Waals surface area (Å²) in [5, 5.41) is 9.15. The highest BCUT2D eigenvalue weighted by atomic mass is 127. The number of guanidine groups is 1. The van der Waals surface area contributed by atoms with E-state index in [0.29, 0.717) is 29.7 Å². The molecular formula is C22H30IN5O2. The molecule has 1 saturated carbocycles. The van der Waals surface area contributed by atoms with Crippen LogP contribution in [-0.2, 0) is 9.59 Å². The Hall–Kier alpha value is -2.28. The Morgan fingerprint density at radius 1 is 1.27 bits per heavy atom. The van der Waals surface area contributed by atoms with Gasteiger partial charge >= 0.3 is 0 Å². The highest BCUT2D eigenvalue weighted by Gasteiger charge is 2.32. The van der Waals surface area contributed by atoms with Crippen molar-refractivity contribution in [1.29, 1.82) is 0 Å². The molecule has 3 N–H and O–H groups in total. The molecule has 30 heavy (non-hydrogen) atoms. The SMILES string of the molecule is C#Cc1cccc(NC(=O)CNC(=NC)NC2CCN(C(=O)C3CCCC3)C2)c1.I. The lowest BCUT2D eigenvalue weighted by molar-refractivity contribution is -0.134. The molecular weight excluding hydrogens is 493 g/mol. The number of halogens is 1. The molecule has 1 aromatic rings. The van der Waals surface area contributed by atoms with Crippen LogP contribution in [0.4, 0.5) is 5.69 Å². The van der Waals surface area contributed by atoms with E-state index in [4.69, 9.17) is 6.42 Å². The van der Waals surface area contributed by atoms with Gasteiger partial charge in [0.1, 0.15) is 0 Å². The van der Waals surface area contributed by atoms with Crippen LogP contribution in [0.25, 0.3) is 0 Å². The first kappa shape index (κ1) is 24.0. The van der Waals surface area contributed by atoms with Crippen LogP contribution in [-0.4, -0.2) is 55.4 Å². The third kappa shape index (κ3) is 6.62. The van der Waals surface area contributed by atoms with E-state index in [1.54, 1.807) is 25.2 Å². The van der Waals surface area contributed by atoms with Crippen molar-refractivity contribution in [3.63, 3.8) is 0 Å². The third-order valence-electron chi connectivity index (χ3n) is 5.50. The van der Waals surface area contributed by atoms with E-state index < -0.39 is 0 Å². The van der Waals surface area contributed by atoms with Crippen molar-refractivity contribution in [2.45, 2.75) is 38.1 Å². The van der Waals surface area contributed by atoms with Crippen molar-refractivity contribution in [1.82, 2.24) is 15.5 Å². The Morgan fingerprint density at radius 2 is 2.03 bits per heavy atom. The smallest absolute Gasteiger partial charge is 0.243 e. The van der Waals surface area contributed by atoms with Gasteiger partial charge in [-0.25, -0.2) is 0 Å². The maximum Gasteiger partial charge on any atom is 0.243 e. The molecule has 1 unspecified atom stereocenters. The van der Waals surface area contributed by atoms with Gasteiger partial charge in [0.25, 0.3) is 0 Å². The van der Waals surface area contributed by atoms with Crippen molar-refractivity contribution in [2.24, 2.45) is 10.9 Å². The summed E-state index contributed by atoms with van der Waals surface area (Å²) in [6.07, 6.45) is 10.6. The van der Waals surface area contributed by atoms with Gasteiger partial charge in [-0.15, -0.1) is 30.4 Å². The summed E-state index contributed by atoms with van der Waals surface area (Å²) in [6, 6.07) is 7.29. The molecule has 0 radical (unpaired) electrons. The summed E-state index contributed by atoms with van der Waals surface area (Å²) in [5.41, 5.74) is 1.37. The maximum atomic E-state index is 12.6. The van der Waals surface area contributed by atoms with Crippen LogP contribution in [0.15, 0.2) is 29.3 Å². The number of aliphatic imine (C=N–C) groups is 1. The van der Waals surface area contributed by atoms with Crippen molar-refractivity contribution >= 4 is 47.4 Å². The Balaban J connectivity index is 0.00000320. The predicted molar refractivity (Wildman–Crippen MR) is 130 cm³/mol. The molecule has 7 nitrogen and oxygen atoms in total. The van der Waals surface area contributed by atoms with Crippen molar-refractivity contribution < 1.29 is 9.59 Å². The Morgan fingerprint density at radius 3 is 2.73 bits per heavy atom. The summed E-state index contributed by atoms with van der Waals surface area (Å²) < 4.78 is 0. The van der Waals surface area contributed by atoms with Crippen LogP contribution >= 0.6 is 24.0 Å². The zero-order valence-electron chi connectivity index (χ0n) is 17.3. The molecule has 1 aromatic carbocycles. The first-order chi connectivity index (χ1) is 14.1. The lowest BCUT2D eigenvalue weighted by atomic mass is 10.1. The number of nitrogens with one attached hydrogen (secondary N) is 3. The molecule has 0 spiro atoms. The molecule has 3 rings (SSSR count). The molecule has 1 saturated heterocycles. The number of carbonyl (C=O) groups excluding carboxylic acids is 2. The Labute approximate surface area is 195 Å². The minimum atomic E-state index is -0.188. The van der Waals surface area contributed by atoms with Crippen LogP contribution in [0.1, 0.15) is 37.7 Å². The molecule has 1 aliphatic carbocycles. The Bertz CT molecular complexity index is 814. The largest absolute Gasteiger partial charge is 0.352 e. The zero-order chi connectivity index (χ0) is 20.6. The van der Waals surface area contributed by atoms with E-state index in [0.717, 1.165) is 38.6 Å². The van der Waals surface area contributed by atoms with Gasteiger partial charge < -0.3 is 20.9 Å². The number of hydrogen-bond donors (Lipinski definition) is 3. The van der Waals surface area contributed by atoms with Crippen LogP contribution in [0, 0.1) is 18.3 Å². The number of benzene rings is 1. The van der Waals surface area contributed by atoms with Crippen LogP contribution in [0.5, 0.6) is 0 Å². The summed E-state index contributed by atoms with van der Waals surface area (Å²) >= 11 is 0. The van der Waals surface area contributed by atoms with Gasteiger partial charge in [0.05, 0.1) is 6.54 Å². The van der Waals surface area contributed by atoms with E-state index in [9.17, 15) is 9.59 Å². The minimum absolute atomic E-state index is 0. The molecule has 2 fully saturated rings. The van der Waals surface area contributed by atoms with Crippen molar-refractivity contribution in [2.75, 3.05) is 32.0 Å². The van der Waals surface area contributed by atoms with Gasteiger partial charge in [0.15, 0.2) is 5.96 Å². The lowest BCUT2D eigenvalue weighted by Crippen LogP contribution is -2.47. The second-order valence-electron chi connectivity index (χ2n) is 7.59. The number of amides is 2. The second kappa shape index (κ2) is 11.8. The summed E-state index contributed by atoms with van der Waals surface area (Å²) in [5.74, 6) is 3.42. The minimum Gasteiger partial charge on any atom is -0.352 e. The van der Waals surface area contributed by atoms with Crippen LogP contribution < -0.4 is 16.0 Å². The number of rotatable bonds is 5. The number of nitrogens with zero attached hydrogens (tertiary/aromatic N) is 2. The van der Waals surface area contributed by atoms with E-state index in [-0.39, 0.29) is 48.4 Å². The van der Waals surface area contributed by atoms with E-state index in [1.165, 1.54) is 0 Å². The average molecular weight is 523 g/mol. The van der Waals surface area contributed by atoms with Gasteiger partial charge in [-0.05, 0) is 37.5 Å². The molecule has 0 bridgehead atoms. The fourth-order valence-corrected chi connectivity index (χ4v) is 3.95. The highest BCUT2D eigenvalue weighted by molar-refractivity contribution is 14.0. The van der Waals surface area contributed by atoms with Crippen LogP contribution in [0.3, 0.4) is 0 Å². The molecule has 2 aliphatic rings. The molecule has 1 aliphatic heterocycles. The summed E-state index contributed by atoms with van der Waals surface area (Å²) in [4.78, 5) is 30.9. The van der Waals surface area contributed by atoms with Gasteiger partial charge in [0, 0.05) is 43.3 Å². The van der Waals surface area contributed by atoms with E-state index >= 15 is 0 Å². The predicted octanol–water partition coefficient (Wildman–Crippen LogP) is 2.18. The number of hydrogen-bond acceptors (Lipinski definition) is 3. The summed E-state index contributed by atoms with van der Waals surface area (Å²) in [7, 11) is 1.67.